The fourth-order valence-corrected chi connectivity index (χ4v) is 1.95. The van der Waals surface area contributed by atoms with Gasteiger partial charge in [0.05, 0.1) is 0 Å². The zero-order valence-electron chi connectivity index (χ0n) is 7.29. The largest absolute Gasteiger partial charge is 0.298 e. The molecule has 2 rings (SSSR count). The van der Waals surface area contributed by atoms with Crippen LogP contribution in [0.5, 0.6) is 0 Å². The molecule has 0 spiro atoms. The first-order valence-corrected chi connectivity index (χ1v) is 4.77. The summed E-state index contributed by atoms with van der Waals surface area (Å²) in [4.78, 5) is 0. The van der Waals surface area contributed by atoms with Crippen molar-refractivity contribution in [3.8, 4) is 0 Å². The zero-order valence-corrected chi connectivity index (χ0v) is 8.87. The molecule has 0 amide bonds. The molecule has 0 bridgehead atoms. The van der Waals surface area contributed by atoms with Gasteiger partial charge >= 0.3 is 0 Å². The number of hydrogen-bond donors (Lipinski definition) is 1. The van der Waals surface area contributed by atoms with Gasteiger partial charge in [0.25, 0.3) is 0 Å². The molecule has 72 valence electrons. The van der Waals surface area contributed by atoms with Gasteiger partial charge in [-0.25, -0.2) is 0 Å². The van der Waals surface area contributed by atoms with Crippen LogP contribution >= 0.6 is 24.0 Å². The molecule has 13 heavy (non-hydrogen) atoms. The third-order valence-electron chi connectivity index (χ3n) is 2.27. The molecular formula is C10H13Cl2N. The predicted molar refractivity (Wildman–Crippen MR) is 58.6 cm³/mol. The Morgan fingerprint density at radius 3 is 2.92 bits per heavy atom. The minimum atomic E-state index is 0. The van der Waals surface area contributed by atoms with Crippen LogP contribution in [0.15, 0.2) is 24.3 Å². The molecule has 0 saturated heterocycles. The van der Waals surface area contributed by atoms with Crippen molar-refractivity contribution >= 4 is 24.0 Å². The molecule has 0 aromatic heterocycles. The molecule has 3 heteroatoms. The van der Waals surface area contributed by atoms with E-state index in [0.29, 0.717) is 0 Å². The van der Waals surface area contributed by atoms with E-state index in [9.17, 15) is 0 Å². The summed E-state index contributed by atoms with van der Waals surface area (Å²) in [5.41, 5.74) is 2.64. The van der Waals surface area contributed by atoms with E-state index in [1.807, 2.05) is 6.07 Å². The second-order valence-electron chi connectivity index (χ2n) is 3.12. The van der Waals surface area contributed by atoms with Crippen molar-refractivity contribution in [1.29, 1.82) is 0 Å². The Morgan fingerprint density at radius 2 is 2.08 bits per heavy atom. The average Bonchev–Trinajstić information content (AvgIpc) is 2.29. The van der Waals surface area contributed by atoms with Crippen molar-refractivity contribution in [2.24, 2.45) is 0 Å². The lowest BCUT2D eigenvalue weighted by atomic mass is 10.0. The normalized spacial score (nSPS) is 21.2. The first-order valence-electron chi connectivity index (χ1n) is 4.33. The molecule has 1 nitrogen and oxygen atoms in total. The molecule has 1 heterocycles. The number of aryl methyl sites for hydroxylation is 1. The number of hydrogen-bond acceptors (Lipinski definition) is 1. The van der Waals surface area contributed by atoms with Crippen molar-refractivity contribution in [3.63, 3.8) is 0 Å². The van der Waals surface area contributed by atoms with Crippen LogP contribution in [0.1, 0.15) is 23.0 Å². The maximum Gasteiger partial charge on any atom is 0.108 e. The van der Waals surface area contributed by atoms with Crippen molar-refractivity contribution in [2.75, 3.05) is 6.54 Å². The Hall–Kier alpha value is -0.240. The van der Waals surface area contributed by atoms with Crippen LogP contribution in [-0.2, 0) is 6.42 Å². The van der Waals surface area contributed by atoms with Gasteiger partial charge in [0.1, 0.15) is 5.50 Å². The molecular weight excluding hydrogens is 205 g/mol. The standard InChI is InChI=1S/C10H12ClN.ClH/c11-10-9-6-2-1-4-8(9)5-3-7-12-10;/h1-2,4,6,10,12H,3,5,7H2;1H. The van der Waals surface area contributed by atoms with Crippen molar-refractivity contribution in [3.05, 3.63) is 35.4 Å². The molecule has 1 aliphatic heterocycles. The second kappa shape index (κ2) is 4.85. The second-order valence-corrected chi connectivity index (χ2v) is 3.56. The number of benzene rings is 1. The minimum absolute atomic E-state index is 0. The van der Waals surface area contributed by atoms with Gasteiger partial charge in [-0.3, -0.25) is 5.32 Å². The maximum atomic E-state index is 6.14. The Labute approximate surface area is 89.9 Å². The molecule has 0 fully saturated rings. The monoisotopic (exact) mass is 217 g/mol. The summed E-state index contributed by atoms with van der Waals surface area (Å²) in [6, 6.07) is 8.39. The Bertz CT molecular complexity index is 275. The molecule has 1 aromatic carbocycles. The lowest BCUT2D eigenvalue weighted by molar-refractivity contribution is 0.663. The van der Waals surface area contributed by atoms with E-state index < -0.39 is 0 Å². The molecule has 0 aliphatic carbocycles. The van der Waals surface area contributed by atoms with Crippen LogP contribution in [0.3, 0.4) is 0 Å². The summed E-state index contributed by atoms with van der Waals surface area (Å²) in [6.45, 7) is 1.02. The van der Waals surface area contributed by atoms with Crippen LogP contribution < -0.4 is 5.32 Å². The molecule has 1 atom stereocenters. The topological polar surface area (TPSA) is 12.0 Å². The first kappa shape index (κ1) is 10.8. The van der Waals surface area contributed by atoms with Crippen molar-refractivity contribution < 1.29 is 0 Å². The molecule has 1 N–H and O–H groups in total. The van der Waals surface area contributed by atoms with Crippen molar-refractivity contribution in [1.82, 2.24) is 5.32 Å². The van der Waals surface area contributed by atoms with Crippen molar-refractivity contribution in [2.45, 2.75) is 18.3 Å². The van der Waals surface area contributed by atoms with E-state index in [2.05, 4.69) is 23.5 Å². The average molecular weight is 218 g/mol. The molecule has 1 aliphatic rings. The van der Waals surface area contributed by atoms with Gasteiger partial charge in [-0.2, -0.15) is 0 Å². The van der Waals surface area contributed by atoms with Gasteiger partial charge in [-0.15, -0.1) is 24.0 Å². The number of halogens is 2. The summed E-state index contributed by atoms with van der Waals surface area (Å²) in [5.74, 6) is 0. The highest BCUT2D eigenvalue weighted by Gasteiger charge is 2.13. The third-order valence-corrected chi connectivity index (χ3v) is 2.66. The summed E-state index contributed by atoms with van der Waals surface area (Å²) in [7, 11) is 0. The predicted octanol–water partition coefficient (Wildman–Crippen LogP) is 2.88. The fourth-order valence-electron chi connectivity index (χ4n) is 1.63. The molecule has 1 unspecified atom stereocenters. The quantitative estimate of drug-likeness (QED) is 0.521. The molecule has 0 radical (unpaired) electrons. The Kier molecular flexibility index (Phi) is 4.04. The van der Waals surface area contributed by atoms with Gasteiger partial charge in [-0.1, -0.05) is 24.3 Å². The van der Waals surface area contributed by atoms with Gasteiger partial charge in [0.2, 0.25) is 0 Å². The van der Waals surface area contributed by atoms with E-state index in [-0.39, 0.29) is 17.9 Å². The molecule has 0 saturated carbocycles. The summed E-state index contributed by atoms with van der Waals surface area (Å²) in [6.07, 6.45) is 2.33. The van der Waals surface area contributed by atoms with Gasteiger partial charge in [-0.05, 0) is 30.5 Å². The summed E-state index contributed by atoms with van der Waals surface area (Å²) in [5, 5.41) is 3.27. The van der Waals surface area contributed by atoms with Gasteiger partial charge in [0, 0.05) is 0 Å². The highest BCUT2D eigenvalue weighted by Crippen LogP contribution is 2.24. The Morgan fingerprint density at radius 1 is 1.31 bits per heavy atom. The lowest BCUT2D eigenvalue weighted by Gasteiger charge is -2.10. The third kappa shape index (κ3) is 2.37. The van der Waals surface area contributed by atoms with E-state index in [1.54, 1.807) is 0 Å². The first-order chi connectivity index (χ1) is 5.88. The smallest absolute Gasteiger partial charge is 0.108 e. The van der Waals surface area contributed by atoms with E-state index in [0.717, 1.165) is 13.0 Å². The summed E-state index contributed by atoms with van der Waals surface area (Å²) >= 11 is 6.14. The highest BCUT2D eigenvalue weighted by atomic mass is 35.5. The van der Waals surface area contributed by atoms with E-state index in [4.69, 9.17) is 11.6 Å². The maximum absolute atomic E-state index is 6.14. The van der Waals surface area contributed by atoms with Crippen LogP contribution in [0.2, 0.25) is 0 Å². The number of nitrogens with one attached hydrogen (secondary N) is 1. The lowest BCUT2D eigenvalue weighted by Crippen LogP contribution is -2.15. The number of rotatable bonds is 0. The van der Waals surface area contributed by atoms with Gasteiger partial charge in [0.15, 0.2) is 0 Å². The Balaban J connectivity index is 0.000000845. The zero-order chi connectivity index (χ0) is 8.39. The van der Waals surface area contributed by atoms with Gasteiger partial charge < -0.3 is 0 Å². The van der Waals surface area contributed by atoms with E-state index >= 15 is 0 Å². The molecule has 1 aromatic rings. The SMILES string of the molecule is Cl.ClC1NCCCc2ccccc21. The number of fused-ring (bicyclic) bond motifs is 1. The van der Waals surface area contributed by atoms with E-state index in [1.165, 1.54) is 17.5 Å². The summed E-state index contributed by atoms with van der Waals surface area (Å²) < 4.78 is 0. The van der Waals surface area contributed by atoms with Crippen LogP contribution in [0.4, 0.5) is 0 Å². The highest BCUT2D eigenvalue weighted by molar-refractivity contribution is 6.20. The minimum Gasteiger partial charge on any atom is -0.298 e. The number of alkyl halides is 1. The fraction of sp³-hybridized carbons (Fsp3) is 0.400. The van der Waals surface area contributed by atoms with Crippen LogP contribution in [0.25, 0.3) is 0 Å². The van der Waals surface area contributed by atoms with Crippen LogP contribution in [0, 0.1) is 0 Å². The van der Waals surface area contributed by atoms with Crippen LogP contribution in [-0.4, -0.2) is 6.54 Å².